The molecular formula is C18H25NO6. The van der Waals surface area contributed by atoms with Gasteiger partial charge in [-0.2, -0.15) is 0 Å². The Morgan fingerprint density at radius 1 is 1.16 bits per heavy atom. The van der Waals surface area contributed by atoms with Crippen molar-refractivity contribution in [3.05, 3.63) is 17.7 Å². The number of carbonyl (C=O) groups is 2. The summed E-state index contributed by atoms with van der Waals surface area (Å²) in [5, 5.41) is 8.85. The summed E-state index contributed by atoms with van der Waals surface area (Å²) in [6.07, 6.45) is 2.53. The summed E-state index contributed by atoms with van der Waals surface area (Å²) in [6.45, 7) is 1.21. The van der Waals surface area contributed by atoms with Crippen LogP contribution in [0.4, 0.5) is 0 Å². The van der Waals surface area contributed by atoms with Gasteiger partial charge >= 0.3 is 5.97 Å². The third kappa shape index (κ3) is 4.35. The minimum Gasteiger partial charge on any atom is -0.493 e. The monoisotopic (exact) mass is 351 g/mol. The van der Waals surface area contributed by atoms with Crippen molar-refractivity contribution in [2.45, 2.75) is 25.7 Å². The van der Waals surface area contributed by atoms with Gasteiger partial charge in [0.25, 0.3) is 5.91 Å². The molecule has 1 aromatic carbocycles. The molecule has 1 aliphatic heterocycles. The number of ether oxygens (including phenoxy) is 3. The Morgan fingerprint density at radius 3 is 2.48 bits per heavy atom. The zero-order chi connectivity index (χ0) is 18.4. The number of carbonyl (C=O) groups excluding carboxylic acids is 1. The minimum atomic E-state index is -0.801. The molecule has 1 N–H and O–H groups in total. The number of amides is 1. The van der Waals surface area contributed by atoms with Crippen LogP contribution in [0.15, 0.2) is 12.1 Å². The highest BCUT2D eigenvalue weighted by atomic mass is 16.5. The van der Waals surface area contributed by atoms with Crippen LogP contribution in [0.5, 0.6) is 17.2 Å². The van der Waals surface area contributed by atoms with Gasteiger partial charge < -0.3 is 24.2 Å². The zero-order valence-corrected chi connectivity index (χ0v) is 14.9. The van der Waals surface area contributed by atoms with Gasteiger partial charge in [0.05, 0.1) is 26.9 Å². The first kappa shape index (κ1) is 18.9. The van der Waals surface area contributed by atoms with Crippen LogP contribution >= 0.6 is 0 Å². The van der Waals surface area contributed by atoms with Crippen molar-refractivity contribution >= 4 is 11.9 Å². The van der Waals surface area contributed by atoms with Gasteiger partial charge in [0.2, 0.25) is 5.75 Å². The number of piperidine rings is 1. The average Bonchev–Trinajstić information content (AvgIpc) is 2.64. The molecular weight excluding hydrogens is 326 g/mol. The van der Waals surface area contributed by atoms with E-state index in [1.807, 2.05) is 0 Å². The molecule has 0 saturated carbocycles. The van der Waals surface area contributed by atoms with E-state index < -0.39 is 5.97 Å². The van der Waals surface area contributed by atoms with Crippen LogP contribution in [0.3, 0.4) is 0 Å². The van der Waals surface area contributed by atoms with E-state index in [2.05, 4.69) is 0 Å². The number of rotatable bonds is 7. The molecule has 7 heteroatoms. The second-order valence-corrected chi connectivity index (χ2v) is 6.07. The Hall–Kier alpha value is -2.44. The van der Waals surface area contributed by atoms with Gasteiger partial charge in [-0.15, -0.1) is 0 Å². The molecule has 25 heavy (non-hydrogen) atoms. The Kier molecular flexibility index (Phi) is 6.50. The van der Waals surface area contributed by atoms with Crippen LogP contribution in [0.2, 0.25) is 0 Å². The standard InChI is InChI=1S/C18H25NO6/c1-23-14-8-7-13(16(24-2)17(14)25-3)18(22)19-10-4-5-12(11-19)6-9-15(20)21/h7-8,12H,4-6,9-11H2,1-3H3,(H,20,21). The highest BCUT2D eigenvalue weighted by molar-refractivity contribution is 5.98. The Morgan fingerprint density at radius 2 is 1.88 bits per heavy atom. The number of benzene rings is 1. The highest BCUT2D eigenvalue weighted by Crippen LogP contribution is 2.40. The van der Waals surface area contributed by atoms with E-state index in [-0.39, 0.29) is 18.2 Å². The van der Waals surface area contributed by atoms with E-state index in [4.69, 9.17) is 19.3 Å². The molecule has 1 atom stereocenters. The SMILES string of the molecule is COc1ccc(C(=O)N2CCCC(CCC(=O)O)C2)c(OC)c1OC. The number of likely N-dealkylation sites (tertiary alicyclic amines) is 1. The first-order valence-corrected chi connectivity index (χ1v) is 8.31. The third-order valence-corrected chi connectivity index (χ3v) is 4.51. The molecule has 1 unspecified atom stereocenters. The van der Waals surface area contributed by atoms with Crippen molar-refractivity contribution in [3.63, 3.8) is 0 Å². The molecule has 1 amide bonds. The fourth-order valence-corrected chi connectivity index (χ4v) is 3.25. The first-order chi connectivity index (χ1) is 12.0. The van der Waals surface area contributed by atoms with Crippen LogP contribution < -0.4 is 14.2 Å². The molecule has 0 bridgehead atoms. The van der Waals surface area contributed by atoms with Gasteiger partial charge in [0.1, 0.15) is 0 Å². The van der Waals surface area contributed by atoms with Crippen LogP contribution in [0, 0.1) is 5.92 Å². The summed E-state index contributed by atoms with van der Waals surface area (Å²) in [4.78, 5) is 25.5. The second-order valence-electron chi connectivity index (χ2n) is 6.07. The number of hydrogen-bond donors (Lipinski definition) is 1. The normalized spacial score (nSPS) is 17.1. The second kappa shape index (κ2) is 8.60. The summed E-state index contributed by atoms with van der Waals surface area (Å²) in [6, 6.07) is 3.35. The smallest absolute Gasteiger partial charge is 0.303 e. The van der Waals surface area contributed by atoms with E-state index in [9.17, 15) is 9.59 Å². The summed E-state index contributed by atoms with van der Waals surface area (Å²) < 4.78 is 16.0. The Labute approximate surface area is 147 Å². The number of hydrogen-bond acceptors (Lipinski definition) is 5. The molecule has 0 aliphatic carbocycles. The first-order valence-electron chi connectivity index (χ1n) is 8.31. The number of nitrogens with zero attached hydrogens (tertiary/aromatic N) is 1. The van der Waals surface area contributed by atoms with E-state index in [0.29, 0.717) is 42.3 Å². The minimum absolute atomic E-state index is 0.131. The summed E-state index contributed by atoms with van der Waals surface area (Å²) in [7, 11) is 4.51. The maximum atomic E-state index is 13.0. The Balaban J connectivity index is 2.20. The van der Waals surface area contributed by atoms with E-state index in [1.165, 1.54) is 21.3 Å². The van der Waals surface area contributed by atoms with Gasteiger partial charge in [-0.1, -0.05) is 0 Å². The average molecular weight is 351 g/mol. The van der Waals surface area contributed by atoms with Gasteiger partial charge in [0, 0.05) is 19.5 Å². The van der Waals surface area contributed by atoms with Crippen LogP contribution in [0.1, 0.15) is 36.0 Å². The van der Waals surface area contributed by atoms with Crippen LogP contribution in [-0.4, -0.2) is 56.3 Å². The Bertz CT molecular complexity index is 630. The van der Waals surface area contributed by atoms with Crippen LogP contribution in [0.25, 0.3) is 0 Å². The number of carboxylic acid groups (broad SMARTS) is 1. The van der Waals surface area contributed by atoms with Crippen molar-refractivity contribution in [2.24, 2.45) is 5.92 Å². The summed E-state index contributed by atoms with van der Waals surface area (Å²) in [5.74, 6) is 0.492. The number of methoxy groups -OCH3 is 3. The summed E-state index contributed by atoms with van der Waals surface area (Å²) in [5.41, 5.74) is 0.416. The van der Waals surface area contributed by atoms with Crippen molar-refractivity contribution in [3.8, 4) is 17.2 Å². The molecule has 0 aromatic heterocycles. The maximum absolute atomic E-state index is 13.0. The molecule has 2 rings (SSSR count). The van der Waals surface area contributed by atoms with Crippen molar-refractivity contribution in [1.29, 1.82) is 0 Å². The van der Waals surface area contributed by atoms with Gasteiger partial charge in [-0.3, -0.25) is 9.59 Å². The molecule has 0 radical (unpaired) electrons. The van der Waals surface area contributed by atoms with Crippen LogP contribution in [-0.2, 0) is 4.79 Å². The fraction of sp³-hybridized carbons (Fsp3) is 0.556. The number of carboxylic acids is 1. The summed E-state index contributed by atoms with van der Waals surface area (Å²) >= 11 is 0. The fourth-order valence-electron chi connectivity index (χ4n) is 3.25. The van der Waals surface area contributed by atoms with Crippen molar-refractivity contribution < 1.29 is 28.9 Å². The molecule has 7 nitrogen and oxygen atoms in total. The lowest BCUT2D eigenvalue weighted by atomic mass is 9.93. The molecule has 0 spiro atoms. The largest absolute Gasteiger partial charge is 0.493 e. The quantitative estimate of drug-likeness (QED) is 0.812. The molecule has 1 heterocycles. The molecule has 1 saturated heterocycles. The highest BCUT2D eigenvalue weighted by Gasteiger charge is 2.28. The zero-order valence-electron chi connectivity index (χ0n) is 14.9. The van der Waals surface area contributed by atoms with E-state index >= 15 is 0 Å². The van der Waals surface area contributed by atoms with E-state index in [0.717, 1.165) is 12.8 Å². The molecule has 1 aromatic rings. The predicted octanol–water partition coefficient (Wildman–Crippen LogP) is 2.43. The third-order valence-electron chi connectivity index (χ3n) is 4.51. The lowest BCUT2D eigenvalue weighted by Gasteiger charge is -2.33. The lowest BCUT2D eigenvalue weighted by molar-refractivity contribution is -0.137. The van der Waals surface area contributed by atoms with Crippen molar-refractivity contribution in [1.82, 2.24) is 4.90 Å². The molecule has 138 valence electrons. The van der Waals surface area contributed by atoms with E-state index in [1.54, 1.807) is 17.0 Å². The number of aliphatic carboxylic acids is 1. The molecule has 1 fully saturated rings. The maximum Gasteiger partial charge on any atom is 0.303 e. The molecule has 1 aliphatic rings. The van der Waals surface area contributed by atoms with Gasteiger partial charge in [-0.05, 0) is 37.3 Å². The lowest BCUT2D eigenvalue weighted by Crippen LogP contribution is -2.40. The van der Waals surface area contributed by atoms with Gasteiger partial charge in [0.15, 0.2) is 11.5 Å². The topological polar surface area (TPSA) is 85.3 Å². The van der Waals surface area contributed by atoms with Crippen molar-refractivity contribution in [2.75, 3.05) is 34.4 Å². The van der Waals surface area contributed by atoms with Gasteiger partial charge in [-0.25, -0.2) is 0 Å². The predicted molar refractivity (Wildman–Crippen MR) is 91.6 cm³/mol.